The summed E-state index contributed by atoms with van der Waals surface area (Å²) < 4.78 is 5.46. The van der Waals surface area contributed by atoms with E-state index in [1.807, 2.05) is 51.1 Å². The molecule has 1 aromatic carbocycles. The van der Waals surface area contributed by atoms with Crippen molar-refractivity contribution in [2.45, 2.75) is 57.8 Å². The molecule has 2 atom stereocenters. The Labute approximate surface area is 144 Å². The van der Waals surface area contributed by atoms with Gasteiger partial charge in [-0.15, -0.1) is 0 Å². The Hall–Kier alpha value is -1.59. The fourth-order valence-corrected chi connectivity index (χ4v) is 2.55. The van der Waals surface area contributed by atoms with E-state index < -0.39 is 17.7 Å². The van der Waals surface area contributed by atoms with Crippen LogP contribution < -0.4 is 5.73 Å². The van der Waals surface area contributed by atoms with Gasteiger partial charge in [-0.25, -0.2) is 4.79 Å². The molecular formula is C19H30N2O3. The fraction of sp³-hybridized carbons (Fsp3) is 0.632. The topological polar surface area (TPSA) is 75.8 Å². The van der Waals surface area contributed by atoms with E-state index in [2.05, 4.69) is 0 Å². The molecule has 24 heavy (non-hydrogen) atoms. The molecule has 0 heterocycles. The average molecular weight is 334 g/mol. The maximum atomic E-state index is 12.4. The van der Waals surface area contributed by atoms with Gasteiger partial charge in [0.1, 0.15) is 5.60 Å². The van der Waals surface area contributed by atoms with Gasteiger partial charge in [-0.2, -0.15) is 0 Å². The molecule has 1 aromatic rings. The summed E-state index contributed by atoms with van der Waals surface area (Å²) in [5, 5.41) is 10.5. The van der Waals surface area contributed by atoms with Gasteiger partial charge in [0.2, 0.25) is 0 Å². The van der Waals surface area contributed by atoms with Gasteiger partial charge in [0.05, 0.1) is 12.6 Å². The van der Waals surface area contributed by atoms with E-state index >= 15 is 0 Å². The van der Waals surface area contributed by atoms with E-state index in [1.54, 1.807) is 4.90 Å². The molecule has 1 aliphatic carbocycles. The molecule has 1 aliphatic rings. The number of nitrogens with zero attached hydrogens (tertiary/aromatic N) is 1. The molecule has 0 unspecified atom stereocenters. The molecule has 1 saturated carbocycles. The van der Waals surface area contributed by atoms with Gasteiger partial charge in [0.15, 0.2) is 0 Å². The molecule has 0 aromatic heterocycles. The monoisotopic (exact) mass is 334 g/mol. The van der Waals surface area contributed by atoms with E-state index in [-0.39, 0.29) is 12.6 Å². The SMILES string of the molecule is CC(C)(C)OC(=O)N(CC1CC1)C[C@@H](O)[C@@H](N)Cc1ccccc1. The average Bonchev–Trinajstić information content (AvgIpc) is 3.29. The second kappa shape index (κ2) is 7.99. The molecule has 0 radical (unpaired) electrons. The lowest BCUT2D eigenvalue weighted by molar-refractivity contribution is 0.0109. The van der Waals surface area contributed by atoms with Crippen LogP contribution in [0.1, 0.15) is 39.2 Å². The maximum Gasteiger partial charge on any atom is 0.410 e. The summed E-state index contributed by atoms with van der Waals surface area (Å²) in [6.07, 6.45) is 1.68. The van der Waals surface area contributed by atoms with Gasteiger partial charge < -0.3 is 20.5 Å². The highest BCUT2D eigenvalue weighted by molar-refractivity contribution is 5.68. The number of aliphatic hydroxyl groups excluding tert-OH is 1. The van der Waals surface area contributed by atoms with Crippen LogP contribution in [-0.4, -0.2) is 46.9 Å². The van der Waals surface area contributed by atoms with Crippen molar-refractivity contribution >= 4 is 6.09 Å². The number of carbonyl (C=O) groups excluding carboxylic acids is 1. The zero-order valence-corrected chi connectivity index (χ0v) is 14.9. The summed E-state index contributed by atoms with van der Waals surface area (Å²) in [5.74, 6) is 0.523. The number of rotatable bonds is 7. The Kier molecular flexibility index (Phi) is 6.24. The number of amides is 1. The van der Waals surface area contributed by atoms with Gasteiger partial charge >= 0.3 is 6.09 Å². The Bertz CT molecular complexity index is 523. The van der Waals surface area contributed by atoms with Gasteiger partial charge in [-0.1, -0.05) is 30.3 Å². The van der Waals surface area contributed by atoms with Crippen LogP contribution in [-0.2, 0) is 11.2 Å². The molecule has 134 valence electrons. The van der Waals surface area contributed by atoms with Crippen molar-refractivity contribution in [2.24, 2.45) is 11.7 Å². The third-order valence-electron chi connectivity index (χ3n) is 4.04. The number of ether oxygens (including phenoxy) is 1. The number of hydrogen-bond acceptors (Lipinski definition) is 4. The standard InChI is InChI=1S/C19H30N2O3/c1-19(2,3)24-18(23)21(12-15-9-10-15)13-17(22)16(20)11-14-7-5-4-6-8-14/h4-8,15-17,22H,9-13,20H2,1-3H3/t16-,17+/m0/s1. The first kappa shape index (κ1) is 18.7. The van der Waals surface area contributed by atoms with Crippen molar-refractivity contribution in [3.8, 4) is 0 Å². The minimum absolute atomic E-state index is 0.208. The van der Waals surface area contributed by atoms with Crippen molar-refractivity contribution in [3.63, 3.8) is 0 Å². The minimum Gasteiger partial charge on any atom is -0.444 e. The van der Waals surface area contributed by atoms with E-state index in [4.69, 9.17) is 10.5 Å². The maximum absolute atomic E-state index is 12.4. The van der Waals surface area contributed by atoms with Crippen LogP contribution in [0.5, 0.6) is 0 Å². The normalized spacial score (nSPS) is 17.2. The van der Waals surface area contributed by atoms with Crippen molar-refractivity contribution in [2.75, 3.05) is 13.1 Å². The molecule has 5 heteroatoms. The summed E-state index contributed by atoms with van der Waals surface area (Å²) in [6, 6.07) is 9.41. The zero-order valence-electron chi connectivity index (χ0n) is 14.9. The van der Waals surface area contributed by atoms with Crippen molar-refractivity contribution in [1.29, 1.82) is 0 Å². The van der Waals surface area contributed by atoms with E-state index in [9.17, 15) is 9.90 Å². The predicted molar refractivity (Wildman–Crippen MR) is 94.7 cm³/mol. The minimum atomic E-state index is -0.781. The lowest BCUT2D eigenvalue weighted by Gasteiger charge is -2.30. The van der Waals surface area contributed by atoms with Crippen LogP contribution >= 0.6 is 0 Å². The lowest BCUT2D eigenvalue weighted by Crippen LogP contribution is -2.48. The van der Waals surface area contributed by atoms with Gasteiger partial charge in [-0.3, -0.25) is 0 Å². The van der Waals surface area contributed by atoms with Crippen LogP contribution in [0.15, 0.2) is 30.3 Å². The molecule has 1 amide bonds. The first-order chi connectivity index (χ1) is 11.2. The van der Waals surface area contributed by atoms with Crippen molar-refractivity contribution < 1.29 is 14.6 Å². The van der Waals surface area contributed by atoms with Gasteiger partial charge in [0, 0.05) is 12.6 Å². The lowest BCUT2D eigenvalue weighted by atomic mass is 10.0. The summed E-state index contributed by atoms with van der Waals surface area (Å²) >= 11 is 0. The van der Waals surface area contributed by atoms with Crippen molar-refractivity contribution in [1.82, 2.24) is 4.90 Å². The van der Waals surface area contributed by atoms with Gasteiger partial charge in [0.25, 0.3) is 0 Å². The van der Waals surface area contributed by atoms with Crippen LogP contribution in [0, 0.1) is 5.92 Å². The van der Waals surface area contributed by atoms with E-state index in [0.29, 0.717) is 18.9 Å². The molecule has 0 aliphatic heterocycles. The molecule has 0 saturated heterocycles. The highest BCUT2D eigenvalue weighted by Gasteiger charge is 2.31. The molecule has 0 spiro atoms. The summed E-state index contributed by atoms with van der Waals surface area (Å²) in [7, 11) is 0. The zero-order chi connectivity index (χ0) is 17.7. The van der Waals surface area contributed by atoms with E-state index in [0.717, 1.165) is 18.4 Å². The van der Waals surface area contributed by atoms with Gasteiger partial charge in [-0.05, 0) is 51.5 Å². The van der Waals surface area contributed by atoms with Crippen LogP contribution in [0.2, 0.25) is 0 Å². The first-order valence-electron chi connectivity index (χ1n) is 8.70. The number of aliphatic hydroxyl groups is 1. The Morgan fingerprint density at radius 2 is 1.96 bits per heavy atom. The van der Waals surface area contributed by atoms with Crippen LogP contribution in [0.4, 0.5) is 4.79 Å². The number of benzene rings is 1. The fourth-order valence-electron chi connectivity index (χ4n) is 2.55. The van der Waals surface area contributed by atoms with E-state index in [1.165, 1.54) is 0 Å². The first-order valence-corrected chi connectivity index (χ1v) is 8.70. The number of nitrogens with two attached hydrogens (primary N) is 1. The van der Waals surface area contributed by atoms with Crippen LogP contribution in [0.25, 0.3) is 0 Å². The third kappa shape index (κ3) is 6.49. The molecule has 1 fully saturated rings. The second-order valence-electron chi connectivity index (χ2n) is 7.75. The number of carbonyl (C=O) groups is 1. The molecule has 2 rings (SSSR count). The predicted octanol–water partition coefficient (Wildman–Crippen LogP) is 2.56. The quantitative estimate of drug-likeness (QED) is 0.803. The van der Waals surface area contributed by atoms with Crippen molar-refractivity contribution in [3.05, 3.63) is 35.9 Å². The smallest absolute Gasteiger partial charge is 0.410 e. The highest BCUT2D eigenvalue weighted by atomic mass is 16.6. The summed E-state index contributed by atoms with van der Waals surface area (Å²) in [5.41, 5.74) is 6.68. The van der Waals surface area contributed by atoms with Crippen LogP contribution in [0.3, 0.4) is 0 Å². The molecule has 5 nitrogen and oxygen atoms in total. The largest absolute Gasteiger partial charge is 0.444 e. The Morgan fingerprint density at radius 3 is 2.50 bits per heavy atom. The Balaban J connectivity index is 1.92. The summed E-state index contributed by atoms with van der Waals surface area (Å²) in [4.78, 5) is 14.0. The molecule has 3 N–H and O–H groups in total. The highest BCUT2D eigenvalue weighted by Crippen LogP contribution is 2.30. The summed E-state index contributed by atoms with van der Waals surface area (Å²) in [6.45, 7) is 6.37. The number of hydrogen-bond donors (Lipinski definition) is 2. The molecular weight excluding hydrogens is 304 g/mol. The molecule has 0 bridgehead atoms. The third-order valence-corrected chi connectivity index (χ3v) is 4.04. The Morgan fingerprint density at radius 1 is 1.33 bits per heavy atom. The second-order valence-corrected chi connectivity index (χ2v) is 7.75.